The highest BCUT2D eigenvalue weighted by Gasteiger charge is 2.56. The predicted molar refractivity (Wildman–Crippen MR) is 91.6 cm³/mol. The Labute approximate surface area is 145 Å². The summed E-state index contributed by atoms with van der Waals surface area (Å²) in [7, 11) is 0. The lowest BCUT2D eigenvalue weighted by atomic mass is 9.84. The van der Waals surface area contributed by atoms with E-state index in [4.69, 9.17) is 4.74 Å². The number of halogens is 1. The Morgan fingerprint density at radius 1 is 1.00 bits per heavy atom. The molecule has 1 aliphatic carbocycles. The molecule has 0 aromatic heterocycles. The standard InChI is InChI=1S/C21H19FO3/c1-13-4-5-15(14-6-8-16(22)9-7-14)12-17(13)18-19(23)21(25-20(18)24)10-2-3-11-21/h4-9,12,18H,2-3,10-11H2,1H3. The molecular weight excluding hydrogens is 319 g/mol. The lowest BCUT2D eigenvalue weighted by molar-refractivity contribution is -0.151. The summed E-state index contributed by atoms with van der Waals surface area (Å²) in [4.78, 5) is 25.5. The Morgan fingerprint density at radius 2 is 1.64 bits per heavy atom. The van der Waals surface area contributed by atoms with Gasteiger partial charge in [-0.2, -0.15) is 0 Å². The summed E-state index contributed by atoms with van der Waals surface area (Å²) in [6, 6.07) is 11.9. The van der Waals surface area contributed by atoms with Gasteiger partial charge in [0.1, 0.15) is 11.7 Å². The van der Waals surface area contributed by atoms with Gasteiger partial charge < -0.3 is 4.74 Å². The fraction of sp³-hybridized carbons (Fsp3) is 0.333. The highest BCUT2D eigenvalue weighted by molar-refractivity contribution is 6.14. The molecule has 1 atom stereocenters. The van der Waals surface area contributed by atoms with E-state index in [9.17, 15) is 14.0 Å². The van der Waals surface area contributed by atoms with Gasteiger partial charge in [0.2, 0.25) is 0 Å². The van der Waals surface area contributed by atoms with Crippen LogP contribution in [-0.4, -0.2) is 17.4 Å². The maximum absolute atomic E-state index is 13.2. The number of ketones is 1. The Kier molecular flexibility index (Phi) is 3.71. The smallest absolute Gasteiger partial charge is 0.322 e. The van der Waals surface area contributed by atoms with E-state index in [2.05, 4.69) is 0 Å². The maximum atomic E-state index is 13.2. The fourth-order valence-electron chi connectivity index (χ4n) is 4.01. The van der Waals surface area contributed by atoms with Gasteiger partial charge >= 0.3 is 5.97 Å². The van der Waals surface area contributed by atoms with E-state index in [1.165, 1.54) is 12.1 Å². The number of benzene rings is 2. The van der Waals surface area contributed by atoms with Gasteiger partial charge in [-0.15, -0.1) is 0 Å². The second-order valence-electron chi connectivity index (χ2n) is 7.00. The van der Waals surface area contributed by atoms with Crippen LogP contribution in [-0.2, 0) is 14.3 Å². The molecule has 2 fully saturated rings. The van der Waals surface area contributed by atoms with Gasteiger partial charge in [-0.25, -0.2) is 4.39 Å². The van der Waals surface area contributed by atoms with Gasteiger partial charge in [-0.3, -0.25) is 9.59 Å². The molecule has 4 heteroatoms. The first kappa shape index (κ1) is 16.0. The Morgan fingerprint density at radius 3 is 2.32 bits per heavy atom. The summed E-state index contributed by atoms with van der Waals surface area (Å²) in [6.07, 6.45) is 3.09. The molecule has 2 aromatic rings. The molecule has 1 heterocycles. The molecule has 0 amide bonds. The average molecular weight is 338 g/mol. The van der Waals surface area contributed by atoms with E-state index in [-0.39, 0.29) is 11.6 Å². The number of hydrogen-bond acceptors (Lipinski definition) is 3. The third kappa shape index (κ3) is 2.56. The first-order chi connectivity index (χ1) is 12.0. The van der Waals surface area contributed by atoms with E-state index in [0.29, 0.717) is 18.4 Å². The zero-order valence-electron chi connectivity index (χ0n) is 14.0. The number of carbonyl (C=O) groups is 2. The Bertz CT molecular complexity index is 848. The molecule has 2 aliphatic rings. The van der Waals surface area contributed by atoms with Crippen molar-refractivity contribution < 1.29 is 18.7 Å². The predicted octanol–water partition coefficient (Wildman–Crippen LogP) is 4.32. The van der Waals surface area contributed by atoms with Gasteiger partial charge in [0.05, 0.1) is 0 Å². The Balaban J connectivity index is 1.75. The van der Waals surface area contributed by atoms with Crippen LogP contribution < -0.4 is 0 Å². The molecule has 1 saturated heterocycles. The van der Waals surface area contributed by atoms with Gasteiger partial charge in [0, 0.05) is 0 Å². The van der Waals surface area contributed by atoms with Crippen molar-refractivity contribution in [1.82, 2.24) is 0 Å². The van der Waals surface area contributed by atoms with Crippen molar-refractivity contribution >= 4 is 11.8 Å². The zero-order valence-corrected chi connectivity index (χ0v) is 14.0. The molecule has 0 radical (unpaired) electrons. The number of aryl methyl sites for hydroxylation is 1. The normalized spacial score (nSPS) is 21.8. The van der Waals surface area contributed by atoms with E-state index in [0.717, 1.165) is 29.5 Å². The highest BCUT2D eigenvalue weighted by Crippen LogP contribution is 2.45. The van der Waals surface area contributed by atoms with Crippen molar-refractivity contribution in [3.8, 4) is 11.1 Å². The maximum Gasteiger partial charge on any atom is 0.322 e. The molecular formula is C21H19FO3. The topological polar surface area (TPSA) is 43.4 Å². The third-order valence-corrected chi connectivity index (χ3v) is 5.42. The van der Waals surface area contributed by atoms with Crippen LogP contribution in [0, 0.1) is 12.7 Å². The molecule has 0 bridgehead atoms. The third-order valence-electron chi connectivity index (χ3n) is 5.42. The van der Waals surface area contributed by atoms with Gasteiger partial charge in [-0.05, 0) is 73.1 Å². The van der Waals surface area contributed by atoms with E-state index in [1.807, 2.05) is 25.1 Å². The molecule has 2 aromatic carbocycles. The number of esters is 1. The molecule has 1 saturated carbocycles. The van der Waals surface area contributed by atoms with E-state index < -0.39 is 17.5 Å². The van der Waals surface area contributed by atoms with Gasteiger partial charge in [-0.1, -0.05) is 24.3 Å². The minimum absolute atomic E-state index is 0.102. The quantitative estimate of drug-likeness (QED) is 0.605. The molecule has 4 rings (SSSR count). The van der Waals surface area contributed by atoms with Crippen LogP contribution in [0.1, 0.15) is 42.7 Å². The molecule has 3 nitrogen and oxygen atoms in total. The molecule has 1 spiro atoms. The number of hydrogen-bond donors (Lipinski definition) is 0. The van der Waals surface area contributed by atoms with Crippen LogP contribution in [0.3, 0.4) is 0 Å². The first-order valence-electron chi connectivity index (χ1n) is 8.64. The first-order valence-corrected chi connectivity index (χ1v) is 8.64. The van der Waals surface area contributed by atoms with Crippen molar-refractivity contribution in [1.29, 1.82) is 0 Å². The summed E-state index contributed by atoms with van der Waals surface area (Å²) in [5, 5.41) is 0. The monoisotopic (exact) mass is 338 g/mol. The molecule has 25 heavy (non-hydrogen) atoms. The molecule has 1 aliphatic heterocycles. The SMILES string of the molecule is Cc1ccc(-c2ccc(F)cc2)cc1C1C(=O)OC2(CCCC2)C1=O. The van der Waals surface area contributed by atoms with Crippen LogP contribution in [0.25, 0.3) is 11.1 Å². The van der Waals surface area contributed by atoms with Crippen molar-refractivity contribution in [2.75, 3.05) is 0 Å². The van der Waals surface area contributed by atoms with Crippen molar-refractivity contribution in [2.24, 2.45) is 0 Å². The minimum Gasteiger partial charge on any atom is -0.450 e. The Hall–Kier alpha value is -2.49. The summed E-state index contributed by atoms with van der Waals surface area (Å²) >= 11 is 0. The van der Waals surface area contributed by atoms with Crippen LogP contribution in [0.15, 0.2) is 42.5 Å². The fourth-order valence-corrected chi connectivity index (χ4v) is 4.01. The second kappa shape index (κ2) is 5.80. The second-order valence-corrected chi connectivity index (χ2v) is 7.00. The molecule has 1 unspecified atom stereocenters. The van der Waals surface area contributed by atoms with Crippen LogP contribution in [0.2, 0.25) is 0 Å². The summed E-state index contributed by atoms with van der Waals surface area (Å²) < 4.78 is 18.7. The molecule has 128 valence electrons. The van der Waals surface area contributed by atoms with Crippen LogP contribution in [0.5, 0.6) is 0 Å². The van der Waals surface area contributed by atoms with Crippen LogP contribution in [0.4, 0.5) is 4.39 Å². The van der Waals surface area contributed by atoms with Crippen LogP contribution >= 0.6 is 0 Å². The van der Waals surface area contributed by atoms with Crippen molar-refractivity contribution in [3.63, 3.8) is 0 Å². The largest absolute Gasteiger partial charge is 0.450 e. The van der Waals surface area contributed by atoms with Crippen molar-refractivity contribution in [3.05, 3.63) is 59.4 Å². The summed E-state index contributed by atoms with van der Waals surface area (Å²) in [5.41, 5.74) is 2.38. The minimum atomic E-state index is -0.903. The average Bonchev–Trinajstić information content (AvgIpc) is 3.15. The number of ether oxygens (including phenoxy) is 1. The van der Waals surface area contributed by atoms with Gasteiger partial charge in [0.15, 0.2) is 11.4 Å². The highest BCUT2D eigenvalue weighted by atomic mass is 19.1. The summed E-state index contributed by atoms with van der Waals surface area (Å²) in [5.74, 6) is -1.69. The van der Waals surface area contributed by atoms with Gasteiger partial charge in [0.25, 0.3) is 0 Å². The number of rotatable bonds is 2. The zero-order chi connectivity index (χ0) is 17.6. The van der Waals surface area contributed by atoms with E-state index >= 15 is 0 Å². The lowest BCUT2D eigenvalue weighted by Gasteiger charge is -2.19. The number of carbonyl (C=O) groups excluding carboxylic acids is 2. The molecule has 0 N–H and O–H groups in total. The lowest BCUT2D eigenvalue weighted by Crippen LogP contribution is -2.33. The number of Topliss-reactive ketones (excluding diaryl/α,β-unsaturated/α-hetero) is 1. The van der Waals surface area contributed by atoms with Crippen molar-refractivity contribution in [2.45, 2.75) is 44.1 Å². The van der Waals surface area contributed by atoms with E-state index in [1.54, 1.807) is 12.1 Å². The summed E-state index contributed by atoms with van der Waals surface area (Å²) in [6.45, 7) is 1.89.